The van der Waals surface area contributed by atoms with E-state index in [0.29, 0.717) is 13.2 Å². The van der Waals surface area contributed by atoms with Gasteiger partial charge in [-0.3, -0.25) is 0 Å². The smallest absolute Gasteiger partial charge is 0.338 e. The Balaban J connectivity index is 2.09. The fourth-order valence-electron chi connectivity index (χ4n) is 2.49. The van der Waals surface area contributed by atoms with Gasteiger partial charge in [-0.1, -0.05) is 25.5 Å². The predicted molar refractivity (Wildman–Crippen MR) is 86.3 cm³/mol. The van der Waals surface area contributed by atoms with Gasteiger partial charge in [0, 0.05) is 0 Å². The number of benzene rings is 1. The number of carbonyl (C=O) groups excluding carboxylic acids is 1. The van der Waals surface area contributed by atoms with Crippen molar-refractivity contribution in [3.63, 3.8) is 0 Å². The zero-order valence-electron chi connectivity index (χ0n) is 14.3. The van der Waals surface area contributed by atoms with E-state index >= 15 is 0 Å². The number of rotatable bonds is 7. The summed E-state index contributed by atoms with van der Waals surface area (Å²) in [4.78, 5) is 12.1. The van der Waals surface area contributed by atoms with E-state index in [-0.39, 0.29) is 0 Å². The van der Waals surface area contributed by atoms with Gasteiger partial charge in [0.05, 0.1) is 13.2 Å². The van der Waals surface area contributed by atoms with Crippen LogP contribution in [0, 0.1) is 0 Å². The Morgan fingerprint density at radius 2 is 1.87 bits per heavy atom. The van der Waals surface area contributed by atoms with E-state index in [1.165, 1.54) is 0 Å². The van der Waals surface area contributed by atoms with Crippen molar-refractivity contribution in [2.24, 2.45) is 0 Å². The molecule has 0 bridgehead atoms. The summed E-state index contributed by atoms with van der Waals surface area (Å²) in [6.07, 6.45) is 0.896. The molecule has 5 heteroatoms. The molecule has 0 aliphatic carbocycles. The zero-order chi connectivity index (χ0) is 16.9. The van der Waals surface area contributed by atoms with E-state index in [0.717, 1.165) is 24.2 Å². The van der Waals surface area contributed by atoms with Crippen LogP contribution in [0.25, 0.3) is 0 Å². The highest BCUT2D eigenvalue weighted by Gasteiger charge is 2.46. The van der Waals surface area contributed by atoms with Crippen molar-refractivity contribution >= 4 is 5.97 Å². The second-order valence-corrected chi connectivity index (χ2v) is 6.00. The number of ether oxygens (including phenoxy) is 4. The normalized spacial score (nSPS) is 22.8. The molecule has 1 aromatic rings. The quantitative estimate of drug-likeness (QED) is 0.567. The van der Waals surface area contributed by atoms with Gasteiger partial charge >= 0.3 is 5.97 Å². The van der Waals surface area contributed by atoms with Crippen LogP contribution in [0.1, 0.15) is 52.2 Å². The number of esters is 1. The Kier molecular flexibility index (Phi) is 6.02. The Bertz CT molecular complexity index is 509. The molecule has 5 nitrogen and oxygen atoms in total. The van der Waals surface area contributed by atoms with Gasteiger partial charge in [0.15, 0.2) is 11.9 Å². The molecule has 128 valence electrons. The lowest BCUT2D eigenvalue weighted by atomic mass is 10.0. The maximum Gasteiger partial charge on any atom is 0.338 e. The van der Waals surface area contributed by atoms with Crippen molar-refractivity contribution in [2.75, 3.05) is 13.2 Å². The lowest BCUT2D eigenvalue weighted by Gasteiger charge is -2.17. The highest BCUT2D eigenvalue weighted by atomic mass is 16.8. The number of carbonyl (C=O) groups is 1. The molecule has 1 aromatic carbocycles. The molecular weight excluding hydrogens is 296 g/mol. The van der Waals surface area contributed by atoms with Crippen molar-refractivity contribution in [2.45, 2.75) is 58.5 Å². The lowest BCUT2D eigenvalue weighted by molar-refractivity contribution is -0.170. The monoisotopic (exact) mass is 322 g/mol. The van der Waals surface area contributed by atoms with Crippen LogP contribution >= 0.6 is 0 Å². The van der Waals surface area contributed by atoms with Gasteiger partial charge in [-0.15, -0.1) is 0 Å². The van der Waals surface area contributed by atoms with Crippen LogP contribution in [-0.2, 0) is 19.0 Å². The first-order valence-corrected chi connectivity index (χ1v) is 8.22. The highest BCUT2D eigenvalue weighted by Crippen LogP contribution is 2.39. The SMILES string of the molecule is CCCCOc1ccc(C2OC(C)(C)O[C@@H]2C(=O)OCC)cc1. The Labute approximate surface area is 137 Å². The van der Waals surface area contributed by atoms with Crippen molar-refractivity contribution in [3.8, 4) is 5.75 Å². The summed E-state index contributed by atoms with van der Waals surface area (Å²) in [5.41, 5.74) is 0.872. The molecule has 0 spiro atoms. The zero-order valence-corrected chi connectivity index (χ0v) is 14.3. The molecule has 0 aromatic heterocycles. The molecular formula is C18H26O5. The average molecular weight is 322 g/mol. The Morgan fingerprint density at radius 1 is 1.17 bits per heavy atom. The summed E-state index contributed by atoms with van der Waals surface area (Å²) in [6, 6.07) is 7.59. The molecule has 0 radical (unpaired) electrons. The van der Waals surface area contributed by atoms with Gasteiger partial charge in [-0.05, 0) is 44.9 Å². The highest BCUT2D eigenvalue weighted by molar-refractivity contribution is 5.76. The first kappa shape index (κ1) is 17.8. The molecule has 2 rings (SSSR count). The van der Waals surface area contributed by atoms with Crippen LogP contribution < -0.4 is 4.74 Å². The van der Waals surface area contributed by atoms with E-state index in [1.54, 1.807) is 20.8 Å². The minimum absolute atomic E-state index is 0.316. The van der Waals surface area contributed by atoms with E-state index in [2.05, 4.69) is 6.92 Å². The van der Waals surface area contributed by atoms with Crippen LogP contribution in [0.4, 0.5) is 0 Å². The van der Waals surface area contributed by atoms with Crippen molar-refractivity contribution in [1.82, 2.24) is 0 Å². The summed E-state index contributed by atoms with van der Waals surface area (Å²) >= 11 is 0. The second kappa shape index (κ2) is 7.79. The number of unbranched alkanes of at least 4 members (excludes halogenated alkanes) is 1. The molecule has 0 amide bonds. The largest absolute Gasteiger partial charge is 0.494 e. The molecule has 1 aliphatic heterocycles. The van der Waals surface area contributed by atoms with E-state index in [1.807, 2.05) is 24.3 Å². The standard InChI is InChI=1S/C18H26O5/c1-5-7-12-21-14-10-8-13(9-11-14)15-16(17(19)20-6-2)23-18(3,4)22-15/h8-11,15-16H,5-7,12H2,1-4H3/t15?,16-/m0/s1. The fraction of sp³-hybridized carbons (Fsp3) is 0.611. The summed E-state index contributed by atoms with van der Waals surface area (Å²) < 4.78 is 22.3. The molecule has 0 N–H and O–H groups in total. The Morgan fingerprint density at radius 3 is 2.48 bits per heavy atom. The molecule has 0 saturated carbocycles. The second-order valence-electron chi connectivity index (χ2n) is 6.00. The van der Waals surface area contributed by atoms with Crippen LogP contribution in [-0.4, -0.2) is 31.1 Å². The van der Waals surface area contributed by atoms with Gasteiger partial charge in [0.25, 0.3) is 0 Å². The van der Waals surface area contributed by atoms with Crippen LogP contribution in [0.15, 0.2) is 24.3 Å². The molecule has 23 heavy (non-hydrogen) atoms. The molecule has 1 heterocycles. The van der Waals surface area contributed by atoms with Crippen molar-refractivity contribution < 1.29 is 23.7 Å². The average Bonchev–Trinajstić information content (AvgIpc) is 2.84. The maximum absolute atomic E-state index is 12.1. The third kappa shape index (κ3) is 4.69. The van der Waals surface area contributed by atoms with Gasteiger partial charge in [-0.25, -0.2) is 4.79 Å². The summed E-state index contributed by atoms with van der Waals surface area (Å²) in [6.45, 7) is 8.51. The van der Waals surface area contributed by atoms with Gasteiger partial charge in [-0.2, -0.15) is 0 Å². The third-order valence-electron chi connectivity index (χ3n) is 3.59. The molecule has 1 saturated heterocycles. The summed E-state index contributed by atoms with van der Waals surface area (Å²) in [7, 11) is 0. The molecule has 1 fully saturated rings. The first-order chi connectivity index (χ1) is 11.0. The third-order valence-corrected chi connectivity index (χ3v) is 3.59. The van der Waals surface area contributed by atoms with Crippen molar-refractivity contribution in [3.05, 3.63) is 29.8 Å². The topological polar surface area (TPSA) is 54.0 Å². The van der Waals surface area contributed by atoms with Crippen LogP contribution in [0.2, 0.25) is 0 Å². The minimum atomic E-state index is -0.821. The van der Waals surface area contributed by atoms with Gasteiger partial charge < -0.3 is 18.9 Å². The fourth-order valence-corrected chi connectivity index (χ4v) is 2.49. The first-order valence-electron chi connectivity index (χ1n) is 8.22. The number of hydrogen-bond acceptors (Lipinski definition) is 5. The lowest BCUT2D eigenvalue weighted by Crippen LogP contribution is -2.29. The van der Waals surface area contributed by atoms with E-state index in [4.69, 9.17) is 18.9 Å². The maximum atomic E-state index is 12.1. The minimum Gasteiger partial charge on any atom is -0.494 e. The summed E-state index contributed by atoms with van der Waals surface area (Å²) in [5.74, 6) is -0.405. The van der Waals surface area contributed by atoms with Gasteiger partial charge in [0.1, 0.15) is 11.9 Å². The molecule has 2 atom stereocenters. The molecule has 1 unspecified atom stereocenters. The van der Waals surface area contributed by atoms with E-state index < -0.39 is 24.0 Å². The van der Waals surface area contributed by atoms with Crippen LogP contribution in [0.3, 0.4) is 0 Å². The van der Waals surface area contributed by atoms with Crippen molar-refractivity contribution in [1.29, 1.82) is 0 Å². The predicted octanol–water partition coefficient (Wildman–Crippen LogP) is 3.62. The summed E-state index contributed by atoms with van der Waals surface area (Å²) in [5, 5.41) is 0. The van der Waals surface area contributed by atoms with E-state index in [9.17, 15) is 4.79 Å². The number of hydrogen-bond donors (Lipinski definition) is 0. The van der Waals surface area contributed by atoms with Crippen LogP contribution in [0.5, 0.6) is 5.75 Å². The van der Waals surface area contributed by atoms with Gasteiger partial charge in [0.2, 0.25) is 0 Å². The Hall–Kier alpha value is -1.59. The molecule has 1 aliphatic rings.